The number of amides is 1. The number of hydrogen-bond acceptors (Lipinski definition) is 2. The van der Waals surface area contributed by atoms with Crippen molar-refractivity contribution in [2.75, 3.05) is 7.11 Å². The van der Waals surface area contributed by atoms with Crippen LogP contribution in [0.15, 0.2) is 54.6 Å². The van der Waals surface area contributed by atoms with E-state index in [0.29, 0.717) is 12.3 Å². The van der Waals surface area contributed by atoms with Gasteiger partial charge in [-0.2, -0.15) is 0 Å². The van der Waals surface area contributed by atoms with Crippen LogP contribution in [-0.2, 0) is 11.2 Å². The maximum atomic E-state index is 12.4. The molecular weight excluding hydrogens is 298 g/mol. The van der Waals surface area contributed by atoms with Crippen LogP contribution in [0.5, 0.6) is 5.75 Å². The zero-order valence-corrected chi connectivity index (χ0v) is 14.8. The van der Waals surface area contributed by atoms with Gasteiger partial charge in [-0.1, -0.05) is 56.3 Å². The van der Waals surface area contributed by atoms with Crippen molar-refractivity contribution in [1.29, 1.82) is 0 Å². The summed E-state index contributed by atoms with van der Waals surface area (Å²) < 4.78 is 5.15. The van der Waals surface area contributed by atoms with E-state index in [0.717, 1.165) is 24.2 Å². The third-order valence-electron chi connectivity index (χ3n) is 4.04. The summed E-state index contributed by atoms with van der Waals surface area (Å²) >= 11 is 0. The van der Waals surface area contributed by atoms with Crippen LogP contribution in [0.4, 0.5) is 0 Å². The smallest absolute Gasteiger partial charge is 0.220 e. The molecule has 0 saturated heterocycles. The van der Waals surface area contributed by atoms with Crippen LogP contribution in [0.2, 0.25) is 0 Å². The monoisotopic (exact) mass is 325 g/mol. The second-order valence-corrected chi connectivity index (χ2v) is 6.51. The zero-order chi connectivity index (χ0) is 17.4. The first-order chi connectivity index (χ1) is 11.6. The zero-order valence-electron chi connectivity index (χ0n) is 14.8. The molecule has 3 heteroatoms. The van der Waals surface area contributed by atoms with Gasteiger partial charge in [0.1, 0.15) is 5.75 Å². The fraction of sp³-hybridized carbons (Fsp3) is 0.381. The molecular formula is C21H27NO2. The van der Waals surface area contributed by atoms with Crippen LogP contribution in [0.1, 0.15) is 43.9 Å². The number of ether oxygens (including phenoxy) is 1. The molecule has 3 nitrogen and oxygen atoms in total. The van der Waals surface area contributed by atoms with E-state index in [2.05, 4.69) is 31.3 Å². The van der Waals surface area contributed by atoms with Crippen molar-refractivity contribution >= 4 is 5.91 Å². The Morgan fingerprint density at radius 1 is 1.04 bits per heavy atom. The molecule has 0 bridgehead atoms. The third-order valence-corrected chi connectivity index (χ3v) is 4.04. The van der Waals surface area contributed by atoms with Gasteiger partial charge in [0, 0.05) is 6.42 Å². The SMILES string of the molecule is COc1ccc(CCC(=O)N[C@@H](CC(C)C)c2ccccc2)cc1. The maximum Gasteiger partial charge on any atom is 0.220 e. The molecule has 0 aromatic heterocycles. The Bertz CT molecular complexity index is 620. The molecule has 128 valence electrons. The molecule has 1 N–H and O–H groups in total. The van der Waals surface area contributed by atoms with Gasteiger partial charge in [-0.05, 0) is 42.0 Å². The molecule has 2 aromatic carbocycles. The first-order valence-corrected chi connectivity index (χ1v) is 8.55. The highest BCUT2D eigenvalue weighted by atomic mass is 16.5. The van der Waals surface area contributed by atoms with Crippen molar-refractivity contribution in [3.05, 3.63) is 65.7 Å². The summed E-state index contributed by atoms with van der Waals surface area (Å²) in [6.45, 7) is 4.36. The normalized spacial score (nSPS) is 12.0. The molecule has 2 rings (SSSR count). The summed E-state index contributed by atoms with van der Waals surface area (Å²) in [6, 6.07) is 18.2. The highest BCUT2D eigenvalue weighted by Crippen LogP contribution is 2.21. The van der Waals surface area contributed by atoms with E-state index in [1.54, 1.807) is 7.11 Å². The van der Waals surface area contributed by atoms with E-state index in [1.165, 1.54) is 5.56 Å². The average Bonchev–Trinajstić information content (AvgIpc) is 2.60. The molecule has 0 radical (unpaired) electrons. The first kappa shape index (κ1) is 18.1. The summed E-state index contributed by atoms with van der Waals surface area (Å²) in [6.07, 6.45) is 2.17. The molecule has 0 saturated carbocycles. The van der Waals surface area contributed by atoms with E-state index >= 15 is 0 Å². The number of hydrogen-bond donors (Lipinski definition) is 1. The number of carbonyl (C=O) groups is 1. The van der Waals surface area contributed by atoms with Crippen molar-refractivity contribution in [1.82, 2.24) is 5.32 Å². The first-order valence-electron chi connectivity index (χ1n) is 8.55. The Labute approximate surface area is 145 Å². The molecule has 0 spiro atoms. The van der Waals surface area contributed by atoms with Crippen LogP contribution in [0.3, 0.4) is 0 Å². The highest BCUT2D eigenvalue weighted by molar-refractivity contribution is 5.76. The third kappa shape index (κ3) is 5.73. The van der Waals surface area contributed by atoms with E-state index in [4.69, 9.17) is 4.74 Å². The standard InChI is InChI=1S/C21H27NO2/c1-16(2)15-20(18-7-5-4-6-8-18)22-21(23)14-11-17-9-12-19(24-3)13-10-17/h4-10,12-13,16,20H,11,14-15H2,1-3H3,(H,22,23)/t20-/m0/s1. The Morgan fingerprint density at radius 2 is 1.71 bits per heavy atom. The number of nitrogens with one attached hydrogen (secondary N) is 1. The molecule has 0 heterocycles. The van der Waals surface area contributed by atoms with Crippen molar-refractivity contribution in [2.45, 2.75) is 39.2 Å². The maximum absolute atomic E-state index is 12.4. The lowest BCUT2D eigenvalue weighted by atomic mass is 9.96. The molecule has 1 atom stereocenters. The Kier molecular flexibility index (Phi) is 6.86. The van der Waals surface area contributed by atoms with E-state index in [9.17, 15) is 4.79 Å². The molecule has 0 fully saturated rings. The van der Waals surface area contributed by atoms with Gasteiger partial charge >= 0.3 is 0 Å². The molecule has 2 aromatic rings. The summed E-state index contributed by atoms with van der Waals surface area (Å²) in [5.74, 6) is 1.46. The molecule has 0 aliphatic carbocycles. The van der Waals surface area contributed by atoms with E-state index < -0.39 is 0 Å². The van der Waals surface area contributed by atoms with Crippen molar-refractivity contribution < 1.29 is 9.53 Å². The van der Waals surface area contributed by atoms with E-state index in [1.807, 2.05) is 42.5 Å². The fourth-order valence-electron chi connectivity index (χ4n) is 2.75. The lowest BCUT2D eigenvalue weighted by Gasteiger charge is -2.21. The highest BCUT2D eigenvalue weighted by Gasteiger charge is 2.15. The summed E-state index contributed by atoms with van der Waals surface area (Å²) in [5, 5.41) is 3.19. The quantitative estimate of drug-likeness (QED) is 0.774. The Balaban J connectivity index is 1.92. The van der Waals surface area contributed by atoms with Gasteiger partial charge in [0.05, 0.1) is 13.2 Å². The Morgan fingerprint density at radius 3 is 2.29 bits per heavy atom. The van der Waals surface area contributed by atoms with Crippen LogP contribution in [-0.4, -0.2) is 13.0 Å². The van der Waals surface area contributed by atoms with Crippen molar-refractivity contribution in [2.24, 2.45) is 5.92 Å². The van der Waals surface area contributed by atoms with E-state index in [-0.39, 0.29) is 11.9 Å². The lowest BCUT2D eigenvalue weighted by molar-refractivity contribution is -0.121. The van der Waals surface area contributed by atoms with Gasteiger partial charge < -0.3 is 10.1 Å². The van der Waals surface area contributed by atoms with Crippen LogP contribution in [0, 0.1) is 5.92 Å². The summed E-state index contributed by atoms with van der Waals surface area (Å²) in [7, 11) is 1.65. The summed E-state index contributed by atoms with van der Waals surface area (Å²) in [5.41, 5.74) is 2.31. The lowest BCUT2D eigenvalue weighted by Crippen LogP contribution is -2.29. The molecule has 0 aliphatic rings. The van der Waals surface area contributed by atoms with Crippen molar-refractivity contribution in [3.8, 4) is 5.75 Å². The average molecular weight is 325 g/mol. The largest absolute Gasteiger partial charge is 0.497 e. The van der Waals surface area contributed by atoms with Gasteiger partial charge in [0.25, 0.3) is 0 Å². The topological polar surface area (TPSA) is 38.3 Å². The minimum absolute atomic E-state index is 0.0783. The van der Waals surface area contributed by atoms with Gasteiger partial charge in [-0.15, -0.1) is 0 Å². The number of benzene rings is 2. The Hall–Kier alpha value is -2.29. The summed E-state index contributed by atoms with van der Waals surface area (Å²) in [4.78, 5) is 12.4. The van der Waals surface area contributed by atoms with Crippen LogP contribution in [0.25, 0.3) is 0 Å². The molecule has 0 unspecified atom stereocenters. The number of carbonyl (C=O) groups excluding carboxylic acids is 1. The molecule has 1 amide bonds. The predicted molar refractivity (Wildman–Crippen MR) is 98.1 cm³/mol. The van der Waals surface area contributed by atoms with Gasteiger partial charge in [-0.25, -0.2) is 0 Å². The number of methoxy groups -OCH3 is 1. The van der Waals surface area contributed by atoms with Crippen molar-refractivity contribution in [3.63, 3.8) is 0 Å². The second-order valence-electron chi connectivity index (χ2n) is 6.51. The fourth-order valence-corrected chi connectivity index (χ4v) is 2.75. The number of rotatable bonds is 8. The predicted octanol–water partition coefficient (Wildman–Crippen LogP) is 4.53. The molecule has 24 heavy (non-hydrogen) atoms. The van der Waals surface area contributed by atoms with Gasteiger partial charge in [-0.3, -0.25) is 4.79 Å². The van der Waals surface area contributed by atoms with Crippen LogP contribution >= 0.6 is 0 Å². The number of aryl methyl sites for hydroxylation is 1. The second kappa shape index (κ2) is 9.11. The van der Waals surface area contributed by atoms with Gasteiger partial charge in [0.15, 0.2) is 0 Å². The molecule has 0 aliphatic heterocycles. The minimum Gasteiger partial charge on any atom is -0.497 e. The van der Waals surface area contributed by atoms with Gasteiger partial charge in [0.2, 0.25) is 5.91 Å². The van der Waals surface area contributed by atoms with Crippen LogP contribution < -0.4 is 10.1 Å². The minimum atomic E-state index is 0.0783.